The monoisotopic (exact) mass is 169 g/mol. The van der Waals surface area contributed by atoms with Crippen LogP contribution in [0.4, 0.5) is 10.7 Å². The molecule has 1 heterocycles. The van der Waals surface area contributed by atoms with Gasteiger partial charge in [-0.2, -0.15) is 15.0 Å². The fourth-order valence-corrected chi connectivity index (χ4v) is 0.537. The molecule has 12 heavy (non-hydrogen) atoms. The van der Waals surface area contributed by atoms with Crippen LogP contribution in [0.3, 0.4) is 0 Å². The molecular formula is C5H7N5O2. The number of anilines is 1. The lowest BCUT2D eigenvalue weighted by atomic mass is 10.8. The first-order valence-electron chi connectivity index (χ1n) is 3.00. The van der Waals surface area contributed by atoms with Crippen LogP contribution in [-0.2, 0) is 4.74 Å². The predicted octanol–water partition coefficient (Wildman–Crippen LogP) is -0.682. The number of carbonyl (C=O) groups excluding carboxylic acids is 1. The summed E-state index contributed by atoms with van der Waals surface area (Å²) in [6.07, 6.45) is 1.72. The Morgan fingerprint density at radius 2 is 2.17 bits per heavy atom. The fraction of sp³-hybridized carbons (Fsp3) is 0.200. The Kier molecular flexibility index (Phi) is 2.49. The number of amides is 1. The zero-order valence-corrected chi connectivity index (χ0v) is 6.34. The van der Waals surface area contributed by atoms with Crippen molar-refractivity contribution in [1.82, 2.24) is 15.0 Å². The van der Waals surface area contributed by atoms with Crippen molar-refractivity contribution < 1.29 is 9.53 Å². The molecule has 1 aromatic rings. The summed E-state index contributed by atoms with van der Waals surface area (Å²) in [6.45, 7) is 0. The third-order valence-corrected chi connectivity index (χ3v) is 1.07. The summed E-state index contributed by atoms with van der Waals surface area (Å²) in [5, 5.41) is 0.682. The van der Waals surface area contributed by atoms with E-state index in [1.165, 1.54) is 19.8 Å². The van der Waals surface area contributed by atoms with Gasteiger partial charge in [0, 0.05) is 0 Å². The molecule has 64 valence electrons. The Hall–Kier alpha value is -1.76. The first kappa shape index (κ1) is 8.34. The lowest BCUT2D eigenvalue weighted by Gasteiger charge is -2.10. The molecule has 0 bridgehead atoms. The quantitative estimate of drug-likeness (QED) is 0.340. The highest BCUT2D eigenvalue weighted by molar-refractivity contribution is 5.83. The second kappa shape index (κ2) is 3.58. The number of nitrogens with zero attached hydrogens (tertiary/aromatic N) is 4. The molecule has 0 unspecified atom stereocenters. The minimum Gasteiger partial charge on any atom is -0.451 e. The van der Waals surface area contributed by atoms with Crippen LogP contribution in [0.15, 0.2) is 12.7 Å². The van der Waals surface area contributed by atoms with Gasteiger partial charge in [0.25, 0.3) is 5.95 Å². The molecule has 0 fully saturated rings. The normalized spacial score (nSPS) is 9.17. The van der Waals surface area contributed by atoms with E-state index in [1.807, 2.05) is 0 Å². The maximum atomic E-state index is 10.8. The van der Waals surface area contributed by atoms with Crippen LogP contribution in [0.25, 0.3) is 0 Å². The largest absolute Gasteiger partial charge is 0.451 e. The second-order valence-electron chi connectivity index (χ2n) is 1.78. The van der Waals surface area contributed by atoms with E-state index in [1.54, 1.807) is 0 Å². The van der Waals surface area contributed by atoms with Crippen molar-refractivity contribution in [3.63, 3.8) is 0 Å². The van der Waals surface area contributed by atoms with E-state index in [0.717, 1.165) is 0 Å². The van der Waals surface area contributed by atoms with Gasteiger partial charge in [0.1, 0.15) is 12.7 Å². The highest BCUT2D eigenvalue weighted by atomic mass is 16.5. The van der Waals surface area contributed by atoms with Gasteiger partial charge < -0.3 is 4.74 Å². The standard InChI is InChI=1S/C5H7N5O2/c1-12-5(11)10(6)4-8-2-7-3-9-4/h2-3H,6H2,1H3. The summed E-state index contributed by atoms with van der Waals surface area (Å²) in [4.78, 5) is 21.6. The Morgan fingerprint density at radius 3 is 2.67 bits per heavy atom. The lowest BCUT2D eigenvalue weighted by molar-refractivity contribution is 0.178. The maximum absolute atomic E-state index is 10.8. The van der Waals surface area contributed by atoms with Crippen LogP contribution < -0.4 is 10.9 Å². The van der Waals surface area contributed by atoms with Crippen molar-refractivity contribution >= 4 is 12.0 Å². The van der Waals surface area contributed by atoms with E-state index in [4.69, 9.17) is 5.84 Å². The van der Waals surface area contributed by atoms with Crippen LogP contribution in [0.1, 0.15) is 0 Å². The number of aromatic nitrogens is 3. The summed E-state index contributed by atoms with van der Waals surface area (Å²) in [5.74, 6) is 5.29. The van der Waals surface area contributed by atoms with Crippen LogP contribution in [0.2, 0.25) is 0 Å². The van der Waals surface area contributed by atoms with Gasteiger partial charge in [-0.3, -0.25) is 0 Å². The number of ether oxygens (including phenoxy) is 1. The molecule has 7 nitrogen and oxygen atoms in total. The van der Waals surface area contributed by atoms with Crippen molar-refractivity contribution in [3.8, 4) is 0 Å². The van der Waals surface area contributed by atoms with Gasteiger partial charge in [-0.1, -0.05) is 0 Å². The number of hydrogen-bond donors (Lipinski definition) is 1. The average molecular weight is 169 g/mol. The summed E-state index contributed by atoms with van der Waals surface area (Å²) in [6, 6.07) is 0. The van der Waals surface area contributed by atoms with Gasteiger partial charge >= 0.3 is 6.09 Å². The molecule has 0 saturated heterocycles. The van der Waals surface area contributed by atoms with Crippen LogP contribution in [0, 0.1) is 0 Å². The fourth-order valence-electron chi connectivity index (χ4n) is 0.537. The molecule has 0 aliphatic heterocycles. The van der Waals surface area contributed by atoms with E-state index in [0.29, 0.717) is 5.01 Å². The molecular weight excluding hydrogens is 162 g/mol. The molecule has 0 radical (unpaired) electrons. The predicted molar refractivity (Wildman–Crippen MR) is 38.9 cm³/mol. The Labute approximate surface area is 68.2 Å². The number of carbonyl (C=O) groups is 1. The van der Waals surface area contributed by atoms with Gasteiger partial charge in [-0.05, 0) is 0 Å². The summed E-state index contributed by atoms with van der Waals surface area (Å²) < 4.78 is 4.33. The summed E-state index contributed by atoms with van der Waals surface area (Å²) in [5.41, 5.74) is 0. The van der Waals surface area contributed by atoms with Gasteiger partial charge in [0.2, 0.25) is 0 Å². The maximum Gasteiger partial charge on any atom is 0.431 e. The van der Waals surface area contributed by atoms with Gasteiger partial charge in [0.15, 0.2) is 0 Å². The minimum absolute atomic E-state index is 0.0388. The molecule has 1 rings (SSSR count). The average Bonchev–Trinajstić information content (AvgIpc) is 2.17. The first-order valence-corrected chi connectivity index (χ1v) is 3.00. The van der Waals surface area contributed by atoms with Crippen molar-refractivity contribution in [2.75, 3.05) is 12.1 Å². The molecule has 1 aromatic heterocycles. The Balaban J connectivity index is 2.78. The molecule has 7 heteroatoms. The SMILES string of the molecule is COC(=O)N(N)c1ncncn1. The number of methoxy groups -OCH3 is 1. The number of hydrazine groups is 1. The van der Waals surface area contributed by atoms with Crippen molar-refractivity contribution in [2.45, 2.75) is 0 Å². The molecule has 0 aliphatic carbocycles. The molecule has 0 spiro atoms. The van der Waals surface area contributed by atoms with Gasteiger partial charge in [0.05, 0.1) is 7.11 Å². The van der Waals surface area contributed by atoms with Crippen LogP contribution in [-0.4, -0.2) is 28.2 Å². The van der Waals surface area contributed by atoms with Crippen LogP contribution >= 0.6 is 0 Å². The molecule has 0 aromatic carbocycles. The second-order valence-corrected chi connectivity index (χ2v) is 1.78. The summed E-state index contributed by atoms with van der Waals surface area (Å²) >= 11 is 0. The number of nitrogens with two attached hydrogens (primary N) is 1. The molecule has 0 saturated carbocycles. The topological polar surface area (TPSA) is 94.2 Å². The van der Waals surface area contributed by atoms with E-state index >= 15 is 0 Å². The Bertz CT molecular complexity index is 264. The molecule has 0 atom stereocenters. The first-order chi connectivity index (χ1) is 5.75. The molecule has 2 N–H and O–H groups in total. The van der Waals surface area contributed by atoms with E-state index in [-0.39, 0.29) is 5.95 Å². The van der Waals surface area contributed by atoms with Gasteiger partial charge in [-0.15, -0.1) is 0 Å². The number of rotatable bonds is 1. The summed E-state index contributed by atoms with van der Waals surface area (Å²) in [7, 11) is 1.21. The molecule has 0 aliphatic rings. The van der Waals surface area contributed by atoms with E-state index < -0.39 is 6.09 Å². The van der Waals surface area contributed by atoms with E-state index in [2.05, 4.69) is 19.7 Å². The smallest absolute Gasteiger partial charge is 0.431 e. The van der Waals surface area contributed by atoms with Crippen molar-refractivity contribution in [2.24, 2.45) is 5.84 Å². The zero-order valence-electron chi connectivity index (χ0n) is 6.34. The zero-order chi connectivity index (χ0) is 8.97. The van der Waals surface area contributed by atoms with Crippen molar-refractivity contribution in [3.05, 3.63) is 12.7 Å². The minimum atomic E-state index is -0.735. The van der Waals surface area contributed by atoms with Crippen molar-refractivity contribution in [1.29, 1.82) is 0 Å². The molecule has 1 amide bonds. The highest BCUT2D eigenvalue weighted by Gasteiger charge is 2.13. The number of hydrogen-bond acceptors (Lipinski definition) is 6. The highest BCUT2D eigenvalue weighted by Crippen LogP contribution is 1.98. The third kappa shape index (κ3) is 1.64. The lowest BCUT2D eigenvalue weighted by Crippen LogP contribution is -2.38. The Morgan fingerprint density at radius 1 is 1.58 bits per heavy atom. The third-order valence-electron chi connectivity index (χ3n) is 1.07. The van der Waals surface area contributed by atoms with E-state index in [9.17, 15) is 4.79 Å². The van der Waals surface area contributed by atoms with Crippen LogP contribution in [0.5, 0.6) is 0 Å². The van der Waals surface area contributed by atoms with Gasteiger partial charge in [-0.25, -0.2) is 15.6 Å².